The first-order chi connectivity index (χ1) is 11.0. The summed E-state index contributed by atoms with van der Waals surface area (Å²) in [7, 11) is -3.66. The number of benzene rings is 1. The van der Waals surface area contributed by atoms with Crippen LogP contribution in [0.4, 0.5) is 5.13 Å². The smallest absolute Gasteiger partial charge is 0.311 e. The molecule has 122 valence electrons. The molecule has 1 N–H and O–H groups in total. The number of sulfonamides is 1. The summed E-state index contributed by atoms with van der Waals surface area (Å²) in [4.78, 5) is 15.4. The lowest BCUT2D eigenvalue weighted by Crippen LogP contribution is -2.10. The summed E-state index contributed by atoms with van der Waals surface area (Å²) in [5, 5.41) is 2.91. The van der Waals surface area contributed by atoms with Gasteiger partial charge in [0, 0.05) is 5.38 Å². The minimum atomic E-state index is -3.66. The highest BCUT2D eigenvalue weighted by Crippen LogP contribution is 2.18. The Hall–Kier alpha value is -2.19. The van der Waals surface area contributed by atoms with Crippen LogP contribution in [0.1, 0.15) is 18.2 Å². The summed E-state index contributed by atoms with van der Waals surface area (Å²) in [5.74, 6) is -0.392. The number of carbonyl (C=O) groups is 1. The van der Waals surface area contributed by atoms with Gasteiger partial charge in [-0.1, -0.05) is 30.3 Å². The van der Waals surface area contributed by atoms with E-state index in [1.807, 2.05) is 18.2 Å². The van der Waals surface area contributed by atoms with E-state index in [2.05, 4.69) is 9.71 Å². The van der Waals surface area contributed by atoms with Crippen molar-refractivity contribution >= 4 is 38.5 Å². The van der Waals surface area contributed by atoms with Crippen LogP contribution in [-0.2, 0) is 26.0 Å². The third-order valence-electron chi connectivity index (χ3n) is 2.65. The quantitative estimate of drug-likeness (QED) is 0.774. The monoisotopic (exact) mass is 352 g/mol. The van der Waals surface area contributed by atoms with Crippen LogP contribution in [0, 0.1) is 0 Å². The van der Waals surface area contributed by atoms with Gasteiger partial charge in [0.25, 0.3) is 10.0 Å². The van der Waals surface area contributed by atoms with E-state index in [0.29, 0.717) is 12.3 Å². The number of ether oxygens (including phenoxy) is 1. The van der Waals surface area contributed by atoms with Crippen molar-refractivity contribution in [2.24, 2.45) is 0 Å². The van der Waals surface area contributed by atoms with Crippen molar-refractivity contribution in [1.29, 1.82) is 0 Å². The minimum absolute atomic E-state index is 0.0198. The molecule has 0 saturated heterocycles. The molecule has 6 nitrogen and oxygen atoms in total. The van der Waals surface area contributed by atoms with Crippen molar-refractivity contribution in [1.82, 2.24) is 4.98 Å². The van der Waals surface area contributed by atoms with Gasteiger partial charge in [-0.2, -0.15) is 0 Å². The number of hydrogen-bond donors (Lipinski definition) is 1. The lowest BCUT2D eigenvalue weighted by molar-refractivity contribution is -0.142. The minimum Gasteiger partial charge on any atom is -0.466 e. The molecule has 8 heteroatoms. The highest BCUT2D eigenvalue weighted by atomic mass is 32.2. The zero-order valence-electron chi connectivity index (χ0n) is 12.4. The predicted octanol–water partition coefficient (Wildman–Crippen LogP) is 2.66. The molecule has 0 saturated carbocycles. The number of rotatable bonds is 7. The van der Waals surface area contributed by atoms with Crippen LogP contribution in [0.25, 0.3) is 6.08 Å². The van der Waals surface area contributed by atoms with E-state index >= 15 is 0 Å². The molecule has 1 aromatic heterocycles. The second kappa shape index (κ2) is 7.89. The van der Waals surface area contributed by atoms with Crippen LogP contribution < -0.4 is 4.72 Å². The van der Waals surface area contributed by atoms with Crippen molar-refractivity contribution in [3.8, 4) is 0 Å². The van der Waals surface area contributed by atoms with Crippen LogP contribution in [0.3, 0.4) is 0 Å². The number of anilines is 1. The second-order valence-corrected chi connectivity index (χ2v) is 6.91. The Kier molecular flexibility index (Phi) is 5.89. The SMILES string of the molecule is CCOC(=O)Cc1csc(NS(=O)(=O)/C=C/c2ccccc2)n1. The van der Waals surface area contributed by atoms with Crippen molar-refractivity contribution in [3.05, 3.63) is 52.4 Å². The molecule has 0 unspecified atom stereocenters. The molecule has 2 aromatic rings. The van der Waals surface area contributed by atoms with Crippen LogP contribution in [0.5, 0.6) is 0 Å². The van der Waals surface area contributed by atoms with E-state index in [1.54, 1.807) is 24.4 Å². The third-order valence-corrected chi connectivity index (χ3v) is 4.56. The first-order valence-electron chi connectivity index (χ1n) is 6.84. The number of esters is 1. The zero-order valence-corrected chi connectivity index (χ0v) is 14.1. The number of thiazole rings is 1. The summed E-state index contributed by atoms with van der Waals surface area (Å²) < 4.78 is 31.1. The molecule has 0 aliphatic carbocycles. The first-order valence-corrected chi connectivity index (χ1v) is 9.27. The largest absolute Gasteiger partial charge is 0.466 e. The molecule has 0 spiro atoms. The molecular weight excluding hydrogens is 336 g/mol. The fraction of sp³-hybridized carbons (Fsp3) is 0.200. The highest BCUT2D eigenvalue weighted by Gasteiger charge is 2.12. The average Bonchev–Trinajstić information content (AvgIpc) is 2.93. The molecule has 2 rings (SSSR count). The Labute approximate surface area is 138 Å². The van der Waals surface area contributed by atoms with E-state index in [4.69, 9.17) is 4.74 Å². The fourth-order valence-electron chi connectivity index (χ4n) is 1.68. The van der Waals surface area contributed by atoms with Gasteiger partial charge in [-0.15, -0.1) is 11.3 Å². The van der Waals surface area contributed by atoms with Gasteiger partial charge < -0.3 is 4.74 Å². The summed E-state index contributed by atoms with van der Waals surface area (Å²) in [5.41, 5.74) is 1.25. The van der Waals surface area contributed by atoms with E-state index in [9.17, 15) is 13.2 Å². The maximum atomic E-state index is 12.0. The molecule has 0 aliphatic heterocycles. The molecule has 1 aromatic carbocycles. The molecular formula is C15H16N2O4S2. The molecule has 0 bridgehead atoms. The summed E-state index contributed by atoms with van der Waals surface area (Å²) >= 11 is 1.12. The van der Waals surface area contributed by atoms with Crippen molar-refractivity contribution < 1.29 is 17.9 Å². The molecule has 0 amide bonds. The summed E-state index contributed by atoms with van der Waals surface area (Å²) in [6.07, 6.45) is 1.52. The van der Waals surface area contributed by atoms with Gasteiger partial charge in [-0.25, -0.2) is 13.4 Å². The Morgan fingerprint density at radius 1 is 1.35 bits per heavy atom. The number of carbonyl (C=O) groups excluding carboxylic acids is 1. The van der Waals surface area contributed by atoms with Gasteiger partial charge in [0.05, 0.1) is 24.1 Å². The van der Waals surface area contributed by atoms with Crippen LogP contribution in [-0.4, -0.2) is 26.0 Å². The first kappa shape index (κ1) is 17.2. The standard InChI is InChI=1S/C15H16N2O4S2/c1-2-21-14(18)10-13-11-22-15(16-13)17-23(19,20)9-8-12-6-4-3-5-7-12/h3-9,11H,2,10H2,1H3,(H,16,17)/b9-8+. The van der Waals surface area contributed by atoms with Crippen LogP contribution in [0.15, 0.2) is 41.1 Å². The van der Waals surface area contributed by atoms with Gasteiger partial charge >= 0.3 is 5.97 Å². The molecule has 1 heterocycles. The fourth-order valence-corrected chi connectivity index (χ4v) is 3.47. The lowest BCUT2D eigenvalue weighted by atomic mass is 10.2. The predicted molar refractivity (Wildman–Crippen MR) is 90.5 cm³/mol. The van der Waals surface area contributed by atoms with E-state index in [0.717, 1.165) is 22.3 Å². The van der Waals surface area contributed by atoms with E-state index < -0.39 is 16.0 Å². The number of nitrogens with one attached hydrogen (secondary N) is 1. The van der Waals surface area contributed by atoms with Crippen LogP contribution in [0.2, 0.25) is 0 Å². The number of aromatic nitrogens is 1. The normalized spacial score (nSPS) is 11.5. The Morgan fingerprint density at radius 2 is 2.09 bits per heavy atom. The molecule has 0 atom stereocenters. The molecule has 0 fully saturated rings. The third kappa shape index (κ3) is 5.84. The Bertz CT molecular complexity index is 783. The topological polar surface area (TPSA) is 85.4 Å². The van der Waals surface area contributed by atoms with Gasteiger partial charge in [-0.3, -0.25) is 9.52 Å². The van der Waals surface area contributed by atoms with Crippen molar-refractivity contribution in [2.75, 3.05) is 11.3 Å². The maximum absolute atomic E-state index is 12.0. The van der Waals surface area contributed by atoms with Crippen molar-refractivity contribution in [2.45, 2.75) is 13.3 Å². The zero-order chi connectivity index (χ0) is 16.7. The summed E-state index contributed by atoms with van der Waals surface area (Å²) in [6.45, 7) is 2.02. The Morgan fingerprint density at radius 3 is 2.78 bits per heavy atom. The van der Waals surface area contributed by atoms with Crippen LogP contribution >= 0.6 is 11.3 Å². The van der Waals surface area contributed by atoms with Gasteiger partial charge in [0.2, 0.25) is 0 Å². The maximum Gasteiger partial charge on any atom is 0.311 e. The Balaban J connectivity index is 1.99. The van der Waals surface area contributed by atoms with Gasteiger partial charge in [-0.05, 0) is 18.6 Å². The van der Waals surface area contributed by atoms with Crippen molar-refractivity contribution in [3.63, 3.8) is 0 Å². The second-order valence-electron chi connectivity index (χ2n) is 4.49. The average molecular weight is 352 g/mol. The number of hydrogen-bond acceptors (Lipinski definition) is 6. The molecule has 23 heavy (non-hydrogen) atoms. The molecule has 0 radical (unpaired) electrons. The highest BCUT2D eigenvalue weighted by molar-refractivity contribution is 7.95. The lowest BCUT2D eigenvalue weighted by Gasteiger charge is -2.00. The van der Waals surface area contributed by atoms with E-state index in [1.165, 1.54) is 6.08 Å². The summed E-state index contributed by atoms with van der Waals surface area (Å²) in [6, 6.07) is 9.09. The van der Waals surface area contributed by atoms with Gasteiger partial charge in [0.1, 0.15) is 0 Å². The number of nitrogens with zero attached hydrogens (tertiary/aromatic N) is 1. The van der Waals surface area contributed by atoms with E-state index in [-0.39, 0.29) is 11.6 Å². The molecule has 0 aliphatic rings. The van der Waals surface area contributed by atoms with Gasteiger partial charge in [0.15, 0.2) is 5.13 Å².